The van der Waals surface area contributed by atoms with E-state index >= 15 is 0 Å². The van der Waals surface area contributed by atoms with Crippen molar-refractivity contribution in [3.8, 4) is 0 Å². The van der Waals surface area contributed by atoms with Crippen LogP contribution in [0.15, 0.2) is 48.5 Å². The van der Waals surface area contributed by atoms with Crippen molar-refractivity contribution in [1.29, 1.82) is 0 Å². The third-order valence-electron chi connectivity index (χ3n) is 3.71. The van der Waals surface area contributed by atoms with Crippen LogP contribution in [0, 0.1) is 0 Å². The maximum absolute atomic E-state index is 12.9. The van der Waals surface area contributed by atoms with Crippen molar-refractivity contribution in [2.45, 2.75) is 13.2 Å². The van der Waals surface area contributed by atoms with Crippen LogP contribution in [-0.2, 0) is 14.2 Å². The Morgan fingerprint density at radius 3 is 2.46 bits per heavy atom. The van der Waals surface area contributed by atoms with E-state index in [0.717, 1.165) is 5.56 Å². The number of ether oxygens (including phenoxy) is 3. The summed E-state index contributed by atoms with van der Waals surface area (Å²) >= 11 is 0. The molecule has 0 spiro atoms. The van der Waals surface area contributed by atoms with Crippen LogP contribution >= 0.6 is 0 Å². The Hall–Kier alpha value is -2.50. The zero-order chi connectivity index (χ0) is 16.9. The fraction of sp³-hybridized carbons (Fsp3) is 0.263. The predicted octanol–water partition coefficient (Wildman–Crippen LogP) is 3.14. The van der Waals surface area contributed by atoms with E-state index in [0.29, 0.717) is 24.3 Å². The van der Waals surface area contributed by atoms with Gasteiger partial charge in [0.05, 0.1) is 25.4 Å². The lowest BCUT2D eigenvalue weighted by Crippen LogP contribution is -2.13. The van der Waals surface area contributed by atoms with Crippen molar-refractivity contribution in [2.24, 2.45) is 0 Å². The summed E-state index contributed by atoms with van der Waals surface area (Å²) in [6.45, 7) is 3.06. The number of carbonyl (C=O) groups is 2. The molecule has 124 valence electrons. The largest absolute Gasteiger partial charge is 0.462 e. The smallest absolute Gasteiger partial charge is 0.338 e. The minimum atomic E-state index is -0.500. The molecule has 1 saturated heterocycles. The first kappa shape index (κ1) is 16.4. The average Bonchev–Trinajstić information content (AvgIpc) is 3.16. The van der Waals surface area contributed by atoms with E-state index in [1.165, 1.54) is 0 Å². The van der Waals surface area contributed by atoms with E-state index in [9.17, 15) is 9.59 Å². The normalized spacial score (nSPS) is 14.5. The summed E-state index contributed by atoms with van der Waals surface area (Å²) in [5.74, 6) is -0.737. The molecule has 2 aromatic carbocycles. The fourth-order valence-corrected chi connectivity index (χ4v) is 2.60. The maximum atomic E-state index is 12.9. The first-order chi connectivity index (χ1) is 11.7. The second kappa shape index (κ2) is 7.38. The summed E-state index contributed by atoms with van der Waals surface area (Å²) in [5.41, 5.74) is 1.85. The summed E-state index contributed by atoms with van der Waals surface area (Å²) in [7, 11) is 0. The van der Waals surface area contributed by atoms with Crippen molar-refractivity contribution in [2.75, 3.05) is 19.8 Å². The fourth-order valence-electron chi connectivity index (χ4n) is 2.60. The van der Waals surface area contributed by atoms with Crippen molar-refractivity contribution < 1.29 is 23.8 Å². The predicted molar refractivity (Wildman–Crippen MR) is 86.9 cm³/mol. The monoisotopic (exact) mass is 326 g/mol. The number of benzene rings is 2. The lowest BCUT2D eigenvalue weighted by molar-refractivity contribution is -0.0441. The Kier molecular flexibility index (Phi) is 5.03. The molecular weight excluding hydrogens is 308 g/mol. The number of ketones is 1. The van der Waals surface area contributed by atoms with Crippen molar-refractivity contribution in [3.63, 3.8) is 0 Å². The number of rotatable bonds is 5. The molecule has 0 bridgehead atoms. The van der Waals surface area contributed by atoms with Crippen LogP contribution in [0.5, 0.6) is 0 Å². The van der Waals surface area contributed by atoms with Gasteiger partial charge in [-0.15, -0.1) is 0 Å². The molecule has 2 aromatic rings. The first-order valence-electron chi connectivity index (χ1n) is 7.84. The molecule has 0 N–H and O–H groups in total. The second-order valence-electron chi connectivity index (χ2n) is 5.29. The topological polar surface area (TPSA) is 61.8 Å². The Morgan fingerprint density at radius 1 is 1.04 bits per heavy atom. The van der Waals surface area contributed by atoms with Crippen LogP contribution in [-0.4, -0.2) is 31.6 Å². The number of esters is 1. The van der Waals surface area contributed by atoms with Crippen LogP contribution in [0.2, 0.25) is 0 Å². The molecular formula is C19H18O5. The molecule has 0 atom stereocenters. The number of carbonyl (C=O) groups excluding carboxylic acids is 2. The average molecular weight is 326 g/mol. The zero-order valence-corrected chi connectivity index (χ0v) is 13.4. The highest BCUT2D eigenvalue weighted by atomic mass is 16.7. The van der Waals surface area contributed by atoms with Gasteiger partial charge in [-0.25, -0.2) is 4.79 Å². The zero-order valence-electron chi connectivity index (χ0n) is 13.4. The van der Waals surface area contributed by atoms with Crippen LogP contribution in [0.25, 0.3) is 0 Å². The second-order valence-corrected chi connectivity index (χ2v) is 5.29. The quantitative estimate of drug-likeness (QED) is 0.624. The van der Waals surface area contributed by atoms with Crippen molar-refractivity contribution in [3.05, 3.63) is 70.8 Å². The molecule has 1 fully saturated rings. The highest BCUT2D eigenvalue weighted by molar-refractivity contribution is 6.14. The molecule has 0 unspecified atom stereocenters. The molecule has 1 aliphatic rings. The molecule has 5 nitrogen and oxygen atoms in total. The highest BCUT2D eigenvalue weighted by Gasteiger charge is 2.22. The van der Waals surface area contributed by atoms with Gasteiger partial charge in [-0.3, -0.25) is 4.79 Å². The Balaban J connectivity index is 1.92. The molecule has 1 aliphatic heterocycles. The molecule has 0 aromatic heterocycles. The standard InChI is InChI=1S/C19H18O5/c1-2-22-18(21)16-9-4-3-8-15(16)17(20)13-6-5-7-14(12-13)19-23-10-11-24-19/h3-9,12,19H,2,10-11H2,1H3. The van der Waals surface area contributed by atoms with E-state index in [1.54, 1.807) is 49.4 Å². The van der Waals surface area contributed by atoms with Gasteiger partial charge in [0.1, 0.15) is 0 Å². The van der Waals surface area contributed by atoms with Gasteiger partial charge in [0, 0.05) is 16.7 Å². The van der Waals surface area contributed by atoms with Gasteiger partial charge in [0.15, 0.2) is 12.1 Å². The molecule has 0 saturated carbocycles. The molecule has 1 heterocycles. The van der Waals surface area contributed by atoms with Gasteiger partial charge in [-0.2, -0.15) is 0 Å². The maximum Gasteiger partial charge on any atom is 0.338 e. The molecule has 0 aliphatic carbocycles. The van der Waals surface area contributed by atoms with E-state index in [2.05, 4.69) is 0 Å². The summed E-state index contributed by atoms with van der Waals surface area (Å²) in [4.78, 5) is 24.9. The minimum Gasteiger partial charge on any atom is -0.462 e. The summed E-state index contributed by atoms with van der Waals surface area (Å²) in [6, 6.07) is 13.7. The third-order valence-corrected chi connectivity index (χ3v) is 3.71. The van der Waals surface area contributed by atoms with Crippen molar-refractivity contribution in [1.82, 2.24) is 0 Å². The van der Waals surface area contributed by atoms with Crippen LogP contribution in [0.4, 0.5) is 0 Å². The van der Waals surface area contributed by atoms with Crippen LogP contribution in [0.1, 0.15) is 45.1 Å². The van der Waals surface area contributed by atoms with E-state index < -0.39 is 12.3 Å². The number of hydrogen-bond acceptors (Lipinski definition) is 5. The molecule has 0 radical (unpaired) electrons. The first-order valence-corrected chi connectivity index (χ1v) is 7.84. The molecule has 0 amide bonds. The minimum absolute atomic E-state index is 0.237. The number of hydrogen-bond donors (Lipinski definition) is 0. The van der Waals surface area contributed by atoms with Gasteiger partial charge in [0.2, 0.25) is 0 Å². The lowest BCUT2D eigenvalue weighted by Gasteiger charge is -2.12. The van der Waals surface area contributed by atoms with Crippen LogP contribution in [0.3, 0.4) is 0 Å². The Morgan fingerprint density at radius 2 is 1.75 bits per heavy atom. The highest BCUT2D eigenvalue weighted by Crippen LogP contribution is 2.25. The summed E-state index contributed by atoms with van der Waals surface area (Å²) < 4.78 is 16.0. The molecule has 5 heteroatoms. The van der Waals surface area contributed by atoms with E-state index in [4.69, 9.17) is 14.2 Å². The van der Waals surface area contributed by atoms with Gasteiger partial charge in [-0.05, 0) is 19.1 Å². The summed E-state index contributed by atoms with van der Waals surface area (Å²) in [5, 5.41) is 0. The third kappa shape index (κ3) is 3.37. The lowest BCUT2D eigenvalue weighted by atomic mass is 9.97. The van der Waals surface area contributed by atoms with E-state index in [-0.39, 0.29) is 18.0 Å². The molecule has 3 rings (SSSR count). The van der Waals surface area contributed by atoms with Gasteiger partial charge < -0.3 is 14.2 Å². The van der Waals surface area contributed by atoms with Gasteiger partial charge >= 0.3 is 5.97 Å². The SMILES string of the molecule is CCOC(=O)c1ccccc1C(=O)c1cccc(C2OCCO2)c1. The van der Waals surface area contributed by atoms with Crippen molar-refractivity contribution >= 4 is 11.8 Å². The van der Waals surface area contributed by atoms with E-state index in [1.807, 2.05) is 6.07 Å². The summed E-state index contributed by atoms with van der Waals surface area (Å²) in [6.07, 6.45) is -0.446. The molecule has 24 heavy (non-hydrogen) atoms. The Labute approximate surface area is 140 Å². The van der Waals surface area contributed by atoms with Gasteiger partial charge in [0.25, 0.3) is 0 Å². The van der Waals surface area contributed by atoms with Gasteiger partial charge in [-0.1, -0.05) is 36.4 Å². The Bertz CT molecular complexity index is 747. The van der Waals surface area contributed by atoms with Crippen LogP contribution < -0.4 is 0 Å².